The summed E-state index contributed by atoms with van der Waals surface area (Å²) in [6.07, 6.45) is 4.18. The van der Waals surface area contributed by atoms with Crippen molar-refractivity contribution in [2.24, 2.45) is 0 Å². The first-order valence-corrected chi connectivity index (χ1v) is 8.05. The lowest BCUT2D eigenvalue weighted by atomic mass is 10.1. The van der Waals surface area contributed by atoms with Gasteiger partial charge in [0.15, 0.2) is 0 Å². The zero-order chi connectivity index (χ0) is 13.7. The Labute approximate surface area is 119 Å². The van der Waals surface area contributed by atoms with Crippen molar-refractivity contribution < 1.29 is 0 Å². The lowest BCUT2D eigenvalue weighted by molar-refractivity contribution is 0.0833. The third-order valence-corrected chi connectivity index (χ3v) is 4.69. The molecule has 19 heavy (non-hydrogen) atoms. The molecule has 1 heterocycles. The molecule has 0 bridgehead atoms. The maximum Gasteiger partial charge on any atom is 0.0250 e. The van der Waals surface area contributed by atoms with E-state index in [1.165, 1.54) is 58.5 Å². The van der Waals surface area contributed by atoms with Crippen LogP contribution < -0.4 is 5.32 Å². The molecule has 2 atom stereocenters. The maximum atomic E-state index is 3.68. The van der Waals surface area contributed by atoms with Gasteiger partial charge in [-0.2, -0.15) is 0 Å². The molecule has 1 saturated heterocycles. The maximum absolute atomic E-state index is 3.68. The highest BCUT2D eigenvalue weighted by Gasteiger charge is 2.32. The summed E-state index contributed by atoms with van der Waals surface area (Å²) in [6.45, 7) is 10.8. The van der Waals surface area contributed by atoms with Crippen molar-refractivity contribution in [2.45, 2.75) is 38.3 Å². The van der Waals surface area contributed by atoms with Crippen LogP contribution in [0.4, 0.5) is 0 Å². The van der Waals surface area contributed by atoms with E-state index in [2.05, 4.69) is 41.0 Å². The Kier molecular flexibility index (Phi) is 6.07. The molecule has 0 spiro atoms. The zero-order valence-electron chi connectivity index (χ0n) is 13.1. The van der Waals surface area contributed by atoms with Gasteiger partial charge < -0.3 is 10.2 Å². The summed E-state index contributed by atoms with van der Waals surface area (Å²) in [6, 6.07) is 1.55. The predicted octanol–water partition coefficient (Wildman–Crippen LogP) is 0.696. The van der Waals surface area contributed by atoms with Crippen LogP contribution in [0.2, 0.25) is 0 Å². The van der Waals surface area contributed by atoms with Crippen molar-refractivity contribution in [3.8, 4) is 0 Å². The first kappa shape index (κ1) is 15.2. The standard InChI is InChI=1S/C15H32N4/c1-4-16-14-6-5-7-15(14)19-12-10-18(11-13-19)9-8-17(2)3/h14-16H,4-13H2,1-3H3. The Bertz CT molecular complexity index is 249. The minimum absolute atomic E-state index is 0.748. The van der Waals surface area contributed by atoms with Gasteiger partial charge in [0.1, 0.15) is 0 Å². The Morgan fingerprint density at radius 1 is 1.11 bits per heavy atom. The van der Waals surface area contributed by atoms with Crippen molar-refractivity contribution in [1.82, 2.24) is 20.0 Å². The van der Waals surface area contributed by atoms with Crippen LogP contribution >= 0.6 is 0 Å². The highest BCUT2D eigenvalue weighted by Crippen LogP contribution is 2.25. The third kappa shape index (κ3) is 4.42. The molecule has 112 valence electrons. The normalized spacial score (nSPS) is 30.3. The van der Waals surface area contributed by atoms with Crippen LogP contribution in [0.1, 0.15) is 26.2 Å². The van der Waals surface area contributed by atoms with Gasteiger partial charge in [-0.15, -0.1) is 0 Å². The van der Waals surface area contributed by atoms with Crippen LogP contribution in [-0.4, -0.2) is 86.7 Å². The molecule has 4 heteroatoms. The Morgan fingerprint density at radius 2 is 1.84 bits per heavy atom. The highest BCUT2D eigenvalue weighted by atomic mass is 15.3. The number of hydrogen-bond acceptors (Lipinski definition) is 4. The summed E-state index contributed by atoms with van der Waals surface area (Å²) < 4.78 is 0. The Balaban J connectivity index is 1.73. The van der Waals surface area contributed by atoms with Crippen molar-refractivity contribution >= 4 is 0 Å². The fourth-order valence-corrected chi connectivity index (χ4v) is 3.54. The number of nitrogens with one attached hydrogen (secondary N) is 1. The average molecular weight is 268 g/mol. The highest BCUT2D eigenvalue weighted by molar-refractivity contribution is 4.92. The van der Waals surface area contributed by atoms with E-state index >= 15 is 0 Å². The van der Waals surface area contributed by atoms with Crippen molar-refractivity contribution in [1.29, 1.82) is 0 Å². The molecule has 0 radical (unpaired) electrons. The van der Waals surface area contributed by atoms with E-state index in [4.69, 9.17) is 0 Å². The lowest BCUT2D eigenvalue weighted by Crippen LogP contribution is -2.55. The zero-order valence-corrected chi connectivity index (χ0v) is 13.1. The van der Waals surface area contributed by atoms with Crippen LogP contribution in [0.5, 0.6) is 0 Å². The van der Waals surface area contributed by atoms with Gasteiger partial charge in [0, 0.05) is 51.4 Å². The first-order valence-electron chi connectivity index (χ1n) is 8.05. The molecule has 2 fully saturated rings. The van der Waals surface area contributed by atoms with Crippen LogP contribution in [0, 0.1) is 0 Å². The fraction of sp³-hybridized carbons (Fsp3) is 1.00. The fourth-order valence-electron chi connectivity index (χ4n) is 3.54. The number of likely N-dealkylation sites (N-methyl/N-ethyl adjacent to an activating group) is 2. The second-order valence-electron chi connectivity index (χ2n) is 6.34. The Hall–Kier alpha value is -0.160. The minimum Gasteiger partial charge on any atom is -0.313 e. The number of piperazine rings is 1. The van der Waals surface area contributed by atoms with E-state index in [-0.39, 0.29) is 0 Å². The Morgan fingerprint density at radius 3 is 2.47 bits per heavy atom. The average Bonchev–Trinajstić information content (AvgIpc) is 2.86. The van der Waals surface area contributed by atoms with Crippen molar-refractivity contribution in [3.63, 3.8) is 0 Å². The quantitative estimate of drug-likeness (QED) is 0.765. The summed E-state index contributed by atoms with van der Waals surface area (Å²) in [5.41, 5.74) is 0. The van der Waals surface area contributed by atoms with Gasteiger partial charge in [0.25, 0.3) is 0 Å². The van der Waals surface area contributed by atoms with E-state index < -0.39 is 0 Å². The largest absolute Gasteiger partial charge is 0.313 e. The summed E-state index contributed by atoms with van der Waals surface area (Å²) >= 11 is 0. The van der Waals surface area contributed by atoms with E-state index in [9.17, 15) is 0 Å². The smallest absolute Gasteiger partial charge is 0.0250 e. The van der Waals surface area contributed by atoms with E-state index in [0.717, 1.165) is 18.6 Å². The second-order valence-corrected chi connectivity index (χ2v) is 6.34. The van der Waals surface area contributed by atoms with Crippen LogP contribution in [0.15, 0.2) is 0 Å². The second kappa shape index (κ2) is 7.58. The van der Waals surface area contributed by atoms with Gasteiger partial charge in [-0.25, -0.2) is 0 Å². The van der Waals surface area contributed by atoms with Gasteiger partial charge in [-0.05, 0) is 33.5 Å². The molecule has 2 unspecified atom stereocenters. The molecule has 1 aliphatic heterocycles. The number of hydrogen-bond donors (Lipinski definition) is 1. The molecular formula is C15H32N4. The SMILES string of the molecule is CCNC1CCCC1N1CCN(CCN(C)C)CC1. The van der Waals surface area contributed by atoms with Crippen molar-refractivity contribution in [3.05, 3.63) is 0 Å². The summed E-state index contributed by atoms with van der Waals surface area (Å²) in [5.74, 6) is 0. The van der Waals surface area contributed by atoms with Crippen LogP contribution in [0.3, 0.4) is 0 Å². The summed E-state index contributed by atoms with van der Waals surface area (Å²) in [7, 11) is 4.32. The topological polar surface area (TPSA) is 21.8 Å². The molecule has 0 amide bonds. The predicted molar refractivity (Wildman–Crippen MR) is 81.7 cm³/mol. The van der Waals surface area contributed by atoms with Gasteiger partial charge >= 0.3 is 0 Å². The molecule has 0 aromatic carbocycles. The molecule has 1 saturated carbocycles. The number of rotatable bonds is 6. The molecular weight excluding hydrogens is 236 g/mol. The summed E-state index contributed by atoms with van der Waals surface area (Å²) in [4.78, 5) is 7.64. The molecule has 1 N–H and O–H groups in total. The van der Waals surface area contributed by atoms with E-state index in [1.807, 2.05) is 0 Å². The molecule has 2 aliphatic rings. The van der Waals surface area contributed by atoms with E-state index in [1.54, 1.807) is 0 Å². The monoisotopic (exact) mass is 268 g/mol. The van der Waals surface area contributed by atoms with Crippen molar-refractivity contribution in [2.75, 3.05) is 59.9 Å². The van der Waals surface area contributed by atoms with E-state index in [0.29, 0.717) is 0 Å². The first-order chi connectivity index (χ1) is 9.20. The molecule has 2 rings (SSSR count). The van der Waals surface area contributed by atoms with Gasteiger partial charge in [-0.3, -0.25) is 9.80 Å². The molecule has 0 aromatic rings. The molecule has 1 aliphatic carbocycles. The van der Waals surface area contributed by atoms with Gasteiger partial charge in [-0.1, -0.05) is 13.3 Å². The summed E-state index contributed by atoms with van der Waals surface area (Å²) in [5, 5.41) is 3.68. The number of nitrogens with zero attached hydrogens (tertiary/aromatic N) is 3. The molecule has 0 aromatic heterocycles. The minimum atomic E-state index is 0.748. The third-order valence-electron chi connectivity index (χ3n) is 4.69. The lowest BCUT2D eigenvalue weighted by Gasteiger charge is -2.40. The van der Waals surface area contributed by atoms with Crippen LogP contribution in [-0.2, 0) is 0 Å². The van der Waals surface area contributed by atoms with Crippen LogP contribution in [0.25, 0.3) is 0 Å². The van der Waals surface area contributed by atoms with Gasteiger partial charge in [0.05, 0.1) is 0 Å². The van der Waals surface area contributed by atoms with Gasteiger partial charge in [0.2, 0.25) is 0 Å². The molecule has 4 nitrogen and oxygen atoms in total.